The van der Waals surface area contributed by atoms with Crippen molar-refractivity contribution >= 4 is 27.5 Å². The molecule has 0 bridgehead atoms. The lowest BCUT2D eigenvalue weighted by Crippen LogP contribution is -2.04. The first-order chi connectivity index (χ1) is 6.19. The van der Waals surface area contributed by atoms with Gasteiger partial charge in [-0.2, -0.15) is 5.26 Å². The van der Waals surface area contributed by atoms with Crippen molar-refractivity contribution in [3.8, 4) is 6.07 Å². The Kier molecular flexibility index (Phi) is 3.64. The molecule has 0 aliphatic heterocycles. The van der Waals surface area contributed by atoms with Gasteiger partial charge in [-0.3, -0.25) is 0 Å². The SMILES string of the molecule is Cc1ncc(Br)c(C(C#N)CCl)n1. The van der Waals surface area contributed by atoms with Crippen molar-refractivity contribution in [2.24, 2.45) is 0 Å². The smallest absolute Gasteiger partial charge is 0.125 e. The molecule has 0 aliphatic rings. The Morgan fingerprint density at radius 2 is 2.46 bits per heavy atom. The molecule has 1 heterocycles. The van der Waals surface area contributed by atoms with Crippen LogP contribution in [0.1, 0.15) is 17.4 Å². The first-order valence-corrected chi connectivity index (χ1v) is 4.96. The van der Waals surface area contributed by atoms with E-state index in [2.05, 4.69) is 32.0 Å². The molecular weight excluding hydrogens is 253 g/mol. The highest BCUT2D eigenvalue weighted by molar-refractivity contribution is 9.10. The first-order valence-electron chi connectivity index (χ1n) is 3.63. The molecule has 0 aromatic carbocycles. The lowest BCUT2D eigenvalue weighted by atomic mass is 10.1. The largest absolute Gasteiger partial charge is 0.240 e. The predicted octanol–water partition coefficient (Wildman–Crippen LogP) is 2.39. The Labute approximate surface area is 89.9 Å². The van der Waals surface area contributed by atoms with E-state index in [4.69, 9.17) is 16.9 Å². The third kappa shape index (κ3) is 2.39. The van der Waals surface area contributed by atoms with Crippen LogP contribution in [0.5, 0.6) is 0 Å². The second kappa shape index (κ2) is 4.54. The summed E-state index contributed by atoms with van der Waals surface area (Å²) in [4.78, 5) is 8.13. The Bertz CT molecular complexity index is 348. The molecule has 1 unspecified atom stereocenters. The van der Waals surface area contributed by atoms with E-state index in [0.29, 0.717) is 11.5 Å². The second-order valence-electron chi connectivity index (χ2n) is 2.49. The normalized spacial score (nSPS) is 12.2. The Hall–Kier alpha value is -0.660. The number of aryl methyl sites for hydroxylation is 1. The Morgan fingerprint density at radius 3 is 3.00 bits per heavy atom. The van der Waals surface area contributed by atoms with Gasteiger partial charge in [0.25, 0.3) is 0 Å². The topological polar surface area (TPSA) is 49.6 Å². The molecule has 0 radical (unpaired) electrons. The van der Waals surface area contributed by atoms with Crippen LogP contribution in [0.4, 0.5) is 0 Å². The zero-order valence-electron chi connectivity index (χ0n) is 6.96. The van der Waals surface area contributed by atoms with Gasteiger partial charge in [-0.05, 0) is 22.9 Å². The molecule has 13 heavy (non-hydrogen) atoms. The van der Waals surface area contributed by atoms with Crippen molar-refractivity contribution in [2.75, 3.05) is 5.88 Å². The van der Waals surface area contributed by atoms with Gasteiger partial charge in [0.05, 0.1) is 16.2 Å². The predicted molar refractivity (Wildman–Crippen MR) is 53.5 cm³/mol. The van der Waals surface area contributed by atoms with Crippen molar-refractivity contribution in [1.82, 2.24) is 9.97 Å². The third-order valence-electron chi connectivity index (χ3n) is 1.53. The van der Waals surface area contributed by atoms with Crippen molar-refractivity contribution in [3.63, 3.8) is 0 Å². The molecule has 0 spiro atoms. The standard InChI is InChI=1S/C8H7BrClN3/c1-5-12-4-7(9)8(13-5)6(2-10)3-11/h4,6H,2H2,1H3. The minimum Gasteiger partial charge on any atom is -0.240 e. The number of rotatable bonds is 2. The summed E-state index contributed by atoms with van der Waals surface area (Å²) in [5, 5.41) is 8.78. The molecule has 0 saturated heterocycles. The molecule has 0 amide bonds. The summed E-state index contributed by atoms with van der Waals surface area (Å²) < 4.78 is 0.727. The molecule has 68 valence electrons. The monoisotopic (exact) mass is 259 g/mol. The van der Waals surface area contributed by atoms with E-state index < -0.39 is 0 Å². The Morgan fingerprint density at radius 1 is 1.77 bits per heavy atom. The maximum atomic E-state index is 8.78. The number of alkyl halides is 1. The first kappa shape index (κ1) is 10.4. The number of hydrogen-bond acceptors (Lipinski definition) is 3. The highest BCUT2D eigenvalue weighted by Gasteiger charge is 2.14. The summed E-state index contributed by atoms with van der Waals surface area (Å²) in [7, 11) is 0. The van der Waals surface area contributed by atoms with E-state index in [1.54, 1.807) is 13.1 Å². The van der Waals surface area contributed by atoms with Gasteiger partial charge < -0.3 is 0 Å². The zero-order chi connectivity index (χ0) is 9.84. The van der Waals surface area contributed by atoms with E-state index in [1.165, 1.54) is 0 Å². The van der Waals surface area contributed by atoms with Crippen LogP contribution in [0.25, 0.3) is 0 Å². The van der Waals surface area contributed by atoms with Crippen LogP contribution in [0.2, 0.25) is 0 Å². The summed E-state index contributed by atoms with van der Waals surface area (Å²) in [6.07, 6.45) is 1.63. The summed E-state index contributed by atoms with van der Waals surface area (Å²) in [6.45, 7) is 1.78. The quantitative estimate of drug-likeness (QED) is 0.767. The summed E-state index contributed by atoms with van der Waals surface area (Å²) in [5.41, 5.74) is 0.657. The van der Waals surface area contributed by atoms with Gasteiger partial charge >= 0.3 is 0 Å². The van der Waals surface area contributed by atoms with Gasteiger partial charge in [0, 0.05) is 12.1 Å². The van der Waals surface area contributed by atoms with Crippen LogP contribution in [-0.2, 0) is 0 Å². The van der Waals surface area contributed by atoms with E-state index in [1.807, 2.05) is 0 Å². The molecule has 0 aliphatic carbocycles. The van der Waals surface area contributed by atoms with Gasteiger partial charge in [-0.1, -0.05) is 0 Å². The summed E-state index contributed by atoms with van der Waals surface area (Å²) in [6, 6.07) is 2.08. The van der Waals surface area contributed by atoms with Crippen LogP contribution in [0.15, 0.2) is 10.7 Å². The van der Waals surface area contributed by atoms with Gasteiger partial charge in [0.15, 0.2) is 0 Å². The average Bonchev–Trinajstić information content (AvgIpc) is 2.13. The number of nitriles is 1. The fourth-order valence-corrected chi connectivity index (χ4v) is 1.57. The van der Waals surface area contributed by atoms with E-state index in [-0.39, 0.29) is 11.8 Å². The molecule has 0 fully saturated rings. The fourth-order valence-electron chi connectivity index (χ4n) is 0.886. The molecule has 3 nitrogen and oxygen atoms in total. The number of hydrogen-bond donors (Lipinski definition) is 0. The highest BCUT2D eigenvalue weighted by Crippen LogP contribution is 2.22. The lowest BCUT2D eigenvalue weighted by Gasteiger charge is -2.06. The molecule has 0 saturated carbocycles. The fraction of sp³-hybridized carbons (Fsp3) is 0.375. The molecule has 1 aromatic heterocycles. The van der Waals surface area contributed by atoms with E-state index in [9.17, 15) is 0 Å². The van der Waals surface area contributed by atoms with Crippen LogP contribution in [0, 0.1) is 18.3 Å². The molecule has 5 heteroatoms. The zero-order valence-corrected chi connectivity index (χ0v) is 9.30. The minimum atomic E-state index is -0.377. The van der Waals surface area contributed by atoms with Gasteiger partial charge in [0.2, 0.25) is 0 Å². The maximum Gasteiger partial charge on any atom is 0.125 e. The highest BCUT2D eigenvalue weighted by atomic mass is 79.9. The number of aromatic nitrogens is 2. The maximum absolute atomic E-state index is 8.78. The van der Waals surface area contributed by atoms with Crippen LogP contribution in [-0.4, -0.2) is 15.8 Å². The van der Waals surface area contributed by atoms with Gasteiger partial charge in [0.1, 0.15) is 11.7 Å². The van der Waals surface area contributed by atoms with Gasteiger partial charge in [-0.15, -0.1) is 11.6 Å². The molecule has 1 rings (SSSR count). The molecule has 1 atom stereocenters. The lowest BCUT2D eigenvalue weighted by molar-refractivity contribution is 0.874. The van der Waals surface area contributed by atoms with Crippen molar-refractivity contribution < 1.29 is 0 Å². The van der Waals surface area contributed by atoms with Crippen molar-refractivity contribution in [2.45, 2.75) is 12.8 Å². The van der Waals surface area contributed by atoms with Crippen LogP contribution < -0.4 is 0 Å². The molecule has 0 N–H and O–H groups in total. The van der Waals surface area contributed by atoms with Crippen molar-refractivity contribution in [1.29, 1.82) is 5.26 Å². The van der Waals surface area contributed by atoms with Crippen LogP contribution in [0.3, 0.4) is 0 Å². The average molecular weight is 261 g/mol. The van der Waals surface area contributed by atoms with Crippen molar-refractivity contribution in [3.05, 3.63) is 22.2 Å². The minimum absolute atomic E-state index is 0.242. The molecular formula is C8H7BrClN3. The van der Waals surface area contributed by atoms with E-state index >= 15 is 0 Å². The van der Waals surface area contributed by atoms with Gasteiger partial charge in [-0.25, -0.2) is 9.97 Å². The Balaban J connectivity index is 3.13. The summed E-state index contributed by atoms with van der Waals surface area (Å²) >= 11 is 8.90. The molecule has 1 aromatic rings. The third-order valence-corrected chi connectivity index (χ3v) is 2.45. The van der Waals surface area contributed by atoms with E-state index in [0.717, 1.165) is 4.47 Å². The summed E-state index contributed by atoms with van der Waals surface area (Å²) in [5.74, 6) is 0.507. The van der Waals surface area contributed by atoms with Crippen LogP contribution >= 0.6 is 27.5 Å². The number of nitrogens with zero attached hydrogens (tertiary/aromatic N) is 3. The number of halogens is 2. The second-order valence-corrected chi connectivity index (χ2v) is 3.65.